The van der Waals surface area contributed by atoms with Gasteiger partial charge in [0, 0.05) is 45.9 Å². The number of nitrogens with two attached hydrogens (primary N) is 4. The Kier molecular flexibility index (Phi) is 34.1. The average Bonchev–Trinajstić information content (AvgIpc) is 1.71. The molecule has 1 heterocycles. The molecular weight excluding hydrogens is 1350 g/mol. The molecule has 3 aromatic carbocycles. The number of aliphatic hydroxyl groups excluding tert-OH is 3. The molecule has 36 nitrogen and oxygen atoms in total. The minimum absolute atomic E-state index is 0.0279. The second-order valence-corrected chi connectivity index (χ2v) is 25.3. The van der Waals surface area contributed by atoms with E-state index in [1.165, 1.54) is 50.2 Å². The number of aromatic hydroxyl groups is 2. The van der Waals surface area contributed by atoms with E-state index in [4.69, 9.17) is 22.9 Å². The highest BCUT2D eigenvalue weighted by Crippen LogP contribution is 2.22. The van der Waals surface area contributed by atoms with Gasteiger partial charge in [0.25, 0.3) is 0 Å². The van der Waals surface area contributed by atoms with Gasteiger partial charge in [-0.1, -0.05) is 68.4 Å². The Morgan fingerprint density at radius 3 is 1.65 bits per heavy atom. The van der Waals surface area contributed by atoms with Gasteiger partial charge in [-0.25, -0.2) is 0 Å². The zero-order chi connectivity index (χ0) is 76.8. The third-order valence-electron chi connectivity index (χ3n) is 16.2. The first-order valence-corrected chi connectivity index (χ1v) is 33.3. The minimum atomic E-state index is -1.91. The second kappa shape index (κ2) is 41.7. The number of aliphatic hydroxyl groups is 3. The lowest BCUT2D eigenvalue weighted by molar-refractivity contribution is -0.143. The first-order chi connectivity index (χ1) is 48.6. The summed E-state index contributed by atoms with van der Waals surface area (Å²) in [7, 11) is 0. The second-order valence-electron chi connectivity index (χ2n) is 25.3. The molecule has 4 rings (SSSR count). The lowest BCUT2D eigenvalue weighted by atomic mass is 9.99. The van der Waals surface area contributed by atoms with Gasteiger partial charge in [-0.15, -0.1) is 0 Å². The Morgan fingerprint density at radius 1 is 0.573 bits per heavy atom. The number of likely N-dealkylation sites (tertiary alicyclic amines) is 1. The number of hydrogen-bond acceptors (Lipinski definition) is 20. The van der Waals surface area contributed by atoms with Crippen molar-refractivity contribution in [1.82, 2.24) is 63.4 Å². The molecule has 1 aliphatic heterocycles. The number of nitrogens with zero attached hydrogens (tertiary/aromatic N) is 2. The molecule has 14 amide bonds. The zero-order valence-electron chi connectivity index (χ0n) is 58.2. The highest BCUT2D eigenvalue weighted by molar-refractivity contribution is 6.00. The monoisotopic (exact) mass is 1440 g/mol. The van der Waals surface area contributed by atoms with Crippen molar-refractivity contribution in [3.8, 4) is 11.5 Å². The number of nitrogens with one attached hydrogen (secondary N) is 11. The number of hydrogen-bond donors (Lipinski definition) is 20. The SMILES string of the molecule is CC(=O)NC(CC(C)C)C(=O)NC(Cc1ccc(O)c(C)c1)C(=O)NC(CCCN=C(N)N)C(=O)NC(C)C(=O)NC(CC(N)=O)C(=O)NC(Cc1ccccc1)C(=O)NC(C(=O)NC(CCO)C(=O)N1CCCC1C(=O)NCC(=O)NC(Cc1ccc(O)cc1)C(=O)NC(CO)C(N)=O)C(C)O. The van der Waals surface area contributed by atoms with E-state index in [-0.39, 0.29) is 87.8 Å². The lowest BCUT2D eigenvalue weighted by Gasteiger charge is -2.30. The van der Waals surface area contributed by atoms with Crippen LogP contribution in [0.5, 0.6) is 11.5 Å². The summed E-state index contributed by atoms with van der Waals surface area (Å²) in [6.45, 7) is 6.40. The molecule has 0 radical (unpaired) electrons. The zero-order valence-corrected chi connectivity index (χ0v) is 58.2. The summed E-state index contributed by atoms with van der Waals surface area (Å²) >= 11 is 0. The summed E-state index contributed by atoms with van der Waals surface area (Å²) in [6.07, 6.45) is -3.37. The smallest absolute Gasteiger partial charge is 0.245 e. The van der Waals surface area contributed by atoms with E-state index in [1.54, 1.807) is 43.3 Å². The van der Waals surface area contributed by atoms with Gasteiger partial charge < -0.3 is 112 Å². The topological polar surface area (TPSA) is 592 Å². The van der Waals surface area contributed by atoms with Crippen molar-refractivity contribution in [2.24, 2.45) is 33.8 Å². The van der Waals surface area contributed by atoms with Crippen LogP contribution < -0.4 is 81.4 Å². The van der Waals surface area contributed by atoms with E-state index in [0.717, 1.165) is 11.8 Å². The molecule has 12 unspecified atom stereocenters. The summed E-state index contributed by atoms with van der Waals surface area (Å²) in [5.41, 5.74) is 23.7. The molecule has 103 heavy (non-hydrogen) atoms. The summed E-state index contributed by atoms with van der Waals surface area (Å²) in [4.78, 5) is 195. The van der Waals surface area contributed by atoms with Crippen LogP contribution in [0.3, 0.4) is 0 Å². The van der Waals surface area contributed by atoms with Crippen LogP contribution in [-0.2, 0) is 86.4 Å². The maximum atomic E-state index is 14.5. The van der Waals surface area contributed by atoms with Gasteiger partial charge in [-0.2, -0.15) is 0 Å². The molecule has 24 N–H and O–H groups in total. The van der Waals surface area contributed by atoms with Crippen LogP contribution >= 0.6 is 0 Å². The number of benzene rings is 3. The van der Waals surface area contributed by atoms with Gasteiger partial charge in [0.15, 0.2) is 5.96 Å². The number of rotatable bonds is 41. The van der Waals surface area contributed by atoms with Crippen molar-refractivity contribution < 1.29 is 92.7 Å². The van der Waals surface area contributed by atoms with Crippen molar-refractivity contribution in [3.63, 3.8) is 0 Å². The molecule has 1 fully saturated rings. The number of carbonyl (C=O) groups excluding carboxylic acids is 14. The van der Waals surface area contributed by atoms with Crippen LogP contribution in [0.15, 0.2) is 77.8 Å². The number of aliphatic imine (C=N–C) groups is 1. The normalized spacial score (nSPS) is 15.7. The number of carbonyl (C=O) groups is 14. The predicted molar refractivity (Wildman–Crippen MR) is 370 cm³/mol. The van der Waals surface area contributed by atoms with Crippen LogP contribution in [0.25, 0.3) is 0 Å². The largest absolute Gasteiger partial charge is 0.508 e. The van der Waals surface area contributed by atoms with Crippen molar-refractivity contribution in [2.75, 3.05) is 32.8 Å². The fourth-order valence-corrected chi connectivity index (χ4v) is 10.9. The molecule has 3 aromatic rings. The van der Waals surface area contributed by atoms with E-state index in [9.17, 15) is 92.7 Å². The van der Waals surface area contributed by atoms with E-state index in [2.05, 4.69) is 63.5 Å². The Hall–Kier alpha value is -11.0. The lowest BCUT2D eigenvalue weighted by Crippen LogP contribution is -2.62. The van der Waals surface area contributed by atoms with Crippen molar-refractivity contribution >= 4 is 88.7 Å². The van der Waals surface area contributed by atoms with Gasteiger partial charge >= 0.3 is 0 Å². The molecule has 36 heteroatoms. The van der Waals surface area contributed by atoms with Crippen LogP contribution in [-0.4, -0.2) is 225 Å². The van der Waals surface area contributed by atoms with Gasteiger partial charge in [0.05, 0.1) is 25.7 Å². The van der Waals surface area contributed by atoms with E-state index in [0.29, 0.717) is 22.3 Å². The minimum Gasteiger partial charge on any atom is -0.508 e. The molecule has 564 valence electrons. The summed E-state index contributed by atoms with van der Waals surface area (Å²) in [5, 5.41) is 77.7. The van der Waals surface area contributed by atoms with Crippen molar-refractivity contribution in [2.45, 2.75) is 178 Å². The molecule has 0 aliphatic carbocycles. The molecule has 0 spiro atoms. The first kappa shape index (κ1) is 84.4. The van der Waals surface area contributed by atoms with Gasteiger partial charge in [0.1, 0.15) is 78.0 Å². The third kappa shape index (κ3) is 28.5. The maximum Gasteiger partial charge on any atom is 0.245 e. The third-order valence-corrected chi connectivity index (χ3v) is 16.2. The number of primary amides is 2. The standard InChI is InChI=1S/C67H97N17O19/c1-34(2)26-45(75-38(6)88)59(96)81-48(30-41-18-21-52(90)35(3)27-41)61(98)77-43(14-10-23-72-67(70)71)58(95)74-36(4)57(94)79-49(31-53(68)91)62(99)80-47(28-39-12-8-7-9-13-39)63(100)83-55(37(5)87)65(102)78-44(22-25-85)66(103)84-24-11-15-51(84)64(101)73-32-54(92)76-46(29-40-16-19-42(89)20-17-40)60(97)82-50(33-86)56(69)93/h7-9,12-13,16-21,27,34,36-37,43-51,55,85-87,89-90H,10-11,14-15,22-26,28-33H2,1-6H3,(H2,68,91)(H2,69,93)(H,73,101)(H,74,95)(H,75,88)(H,76,92)(H,77,98)(H,78,102)(H,79,94)(H,80,99)(H,81,96)(H,82,97)(H,83,100)(H4,70,71,72). The Bertz CT molecular complexity index is 3500. The van der Waals surface area contributed by atoms with E-state index >= 15 is 0 Å². The summed E-state index contributed by atoms with van der Waals surface area (Å²) < 4.78 is 0. The van der Waals surface area contributed by atoms with Crippen LogP contribution in [0.2, 0.25) is 0 Å². The van der Waals surface area contributed by atoms with Crippen LogP contribution in [0, 0.1) is 12.8 Å². The van der Waals surface area contributed by atoms with Gasteiger partial charge in [-0.05, 0) is 106 Å². The van der Waals surface area contributed by atoms with Gasteiger partial charge in [-0.3, -0.25) is 72.1 Å². The Labute approximate surface area is 594 Å². The molecule has 1 aliphatic rings. The van der Waals surface area contributed by atoms with Crippen LogP contribution in [0.4, 0.5) is 0 Å². The van der Waals surface area contributed by atoms with Crippen LogP contribution in [0.1, 0.15) is 102 Å². The Balaban J connectivity index is 1.52. The molecule has 1 saturated heterocycles. The fraction of sp³-hybridized carbons (Fsp3) is 0.507. The number of aryl methyl sites for hydroxylation is 1. The molecule has 0 saturated carbocycles. The summed E-state index contributed by atoms with van der Waals surface area (Å²) in [5.74, 6) is -13.9. The average molecular weight is 1440 g/mol. The quantitative estimate of drug-likeness (QED) is 0.0143. The highest BCUT2D eigenvalue weighted by Gasteiger charge is 2.41. The van der Waals surface area contributed by atoms with Crippen molar-refractivity contribution in [1.29, 1.82) is 0 Å². The van der Waals surface area contributed by atoms with Gasteiger partial charge in [0.2, 0.25) is 82.7 Å². The molecular formula is C67H97N17O19. The number of phenols is 2. The fourth-order valence-electron chi connectivity index (χ4n) is 10.9. The number of amides is 14. The molecule has 0 aromatic heterocycles. The summed E-state index contributed by atoms with van der Waals surface area (Å²) in [6, 6.07) is 1.35. The number of guanidine groups is 1. The maximum absolute atomic E-state index is 14.5. The molecule has 12 atom stereocenters. The molecule has 0 bridgehead atoms. The highest BCUT2D eigenvalue weighted by atomic mass is 16.3. The predicted octanol–water partition coefficient (Wildman–Crippen LogP) is -6.35. The van der Waals surface area contributed by atoms with E-state index in [1.807, 2.05) is 13.8 Å². The Morgan fingerprint density at radius 2 is 1.10 bits per heavy atom. The number of phenolic OH excluding ortho intramolecular Hbond substituents is 2. The first-order valence-electron chi connectivity index (χ1n) is 33.3. The van der Waals surface area contributed by atoms with E-state index < -0.39 is 188 Å². The van der Waals surface area contributed by atoms with Crippen molar-refractivity contribution in [3.05, 3.63) is 95.1 Å².